The number of benzene rings is 3. The Balaban J connectivity index is 1.52. The number of carbonyl (C=O) groups excluding carboxylic acids is 2. The fraction of sp³-hybridized carbons (Fsp3) is 0.226. The van der Waals surface area contributed by atoms with Crippen molar-refractivity contribution in [2.24, 2.45) is 0 Å². The van der Waals surface area contributed by atoms with Crippen molar-refractivity contribution < 1.29 is 9.59 Å². The lowest BCUT2D eigenvalue weighted by Gasteiger charge is -2.29. The maximum atomic E-state index is 13.7. The zero-order valence-electron chi connectivity index (χ0n) is 21.5. The zero-order chi connectivity index (χ0) is 27.1. The summed E-state index contributed by atoms with van der Waals surface area (Å²) in [5.74, 6) is -0.339. The van der Waals surface area contributed by atoms with Gasteiger partial charge in [-0.05, 0) is 61.2 Å². The lowest BCUT2D eigenvalue weighted by Crippen LogP contribution is -2.45. The van der Waals surface area contributed by atoms with E-state index in [4.69, 9.17) is 23.2 Å². The van der Waals surface area contributed by atoms with Crippen LogP contribution in [0.15, 0.2) is 85.1 Å². The number of hydrogen-bond donors (Lipinski definition) is 1. The number of halogens is 2. The Hall–Kier alpha value is -3.54. The molecule has 0 aliphatic heterocycles. The molecule has 4 aromatic rings. The number of rotatable bonds is 10. The second kappa shape index (κ2) is 12.8. The highest BCUT2D eigenvalue weighted by Gasteiger charge is 2.23. The third-order valence-electron chi connectivity index (χ3n) is 6.47. The smallest absolute Gasteiger partial charge is 0.247 e. The van der Waals surface area contributed by atoms with E-state index >= 15 is 0 Å². The van der Waals surface area contributed by atoms with Gasteiger partial charge in [0.1, 0.15) is 6.54 Å². The monoisotopic (exact) mass is 547 g/mol. The first kappa shape index (κ1) is 27.5. The van der Waals surface area contributed by atoms with Crippen molar-refractivity contribution in [2.75, 3.05) is 13.1 Å². The van der Waals surface area contributed by atoms with Crippen molar-refractivity contribution in [1.82, 2.24) is 14.8 Å². The number of amides is 2. The van der Waals surface area contributed by atoms with Gasteiger partial charge in [0.25, 0.3) is 0 Å². The van der Waals surface area contributed by atoms with E-state index in [1.165, 1.54) is 6.08 Å². The van der Waals surface area contributed by atoms with E-state index in [1.807, 2.05) is 74.6 Å². The average Bonchev–Trinajstić information content (AvgIpc) is 3.33. The molecule has 38 heavy (non-hydrogen) atoms. The summed E-state index contributed by atoms with van der Waals surface area (Å²) in [5, 5.41) is 2.05. The predicted molar refractivity (Wildman–Crippen MR) is 156 cm³/mol. The molecule has 0 saturated heterocycles. The van der Waals surface area contributed by atoms with Gasteiger partial charge in [0, 0.05) is 42.3 Å². The molecule has 4 rings (SSSR count). The molecule has 0 bridgehead atoms. The van der Waals surface area contributed by atoms with Crippen LogP contribution in [0.2, 0.25) is 10.0 Å². The highest BCUT2D eigenvalue weighted by Crippen LogP contribution is 2.24. The van der Waals surface area contributed by atoms with E-state index < -0.39 is 0 Å². The van der Waals surface area contributed by atoms with E-state index in [9.17, 15) is 9.59 Å². The third-order valence-corrected chi connectivity index (χ3v) is 7.21. The van der Waals surface area contributed by atoms with Crippen LogP contribution in [0.1, 0.15) is 30.5 Å². The second-order valence-electron chi connectivity index (χ2n) is 9.48. The normalized spacial score (nSPS) is 11.4. The number of H-pyrrole nitrogens is 1. The largest absolute Gasteiger partial charge is 0.361 e. The predicted octanol–water partition coefficient (Wildman–Crippen LogP) is 7.00. The van der Waals surface area contributed by atoms with Crippen LogP contribution < -0.4 is 0 Å². The fourth-order valence-corrected chi connectivity index (χ4v) is 4.65. The lowest BCUT2D eigenvalue weighted by molar-refractivity contribution is -0.139. The van der Waals surface area contributed by atoms with Crippen molar-refractivity contribution in [2.45, 2.75) is 32.9 Å². The molecule has 7 heteroatoms. The third kappa shape index (κ3) is 7.06. The minimum atomic E-state index is -0.205. The number of hydrogen-bond acceptors (Lipinski definition) is 2. The standard InChI is InChI=1S/C31H31Cl2N3O2/c1-22(2)36(30(37)15-13-23-8-4-3-5-9-23)21-31(38)35(20-24-12-14-27(32)28(33)18-24)17-16-25-19-34-29-11-7-6-10-26(25)29/h3-15,18-19,22,34H,16-17,20-21H2,1-2H3. The first-order valence-corrected chi connectivity index (χ1v) is 13.4. The number of nitrogens with one attached hydrogen (secondary N) is 1. The number of carbonyl (C=O) groups is 2. The Labute approximate surface area is 233 Å². The minimum absolute atomic E-state index is 0.0230. The van der Waals surface area contributed by atoms with Crippen LogP contribution in [0.25, 0.3) is 17.0 Å². The number of para-hydroxylation sites is 1. The topological polar surface area (TPSA) is 56.4 Å². The van der Waals surface area contributed by atoms with E-state index in [1.54, 1.807) is 28.0 Å². The van der Waals surface area contributed by atoms with Gasteiger partial charge in [-0.15, -0.1) is 0 Å². The van der Waals surface area contributed by atoms with Gasteiger partial charge < -0.3 is 14.8 Å². The van der Waals surface area contributed by atoms with E-state index in [0.717, 1.165) is 27.6 Å². The summed E-state index contributed by atoms with van der Waals surface area (Å²) < 4.78 is 0. The number of nitrogens with zero attached hydrogens (tertiary/aromatic N) is 2. The van der Waals surface area contributed by atoms with Crippen LogP contribution in [0.4, 0.5) is 0 Å². The molecule has 0 spiro atoms. The van der Waals surface area contributed by atoms with Crippen LogP contribution in [0.3, 0.4) is 0 Å². The molecule has 0 radical (unpaired) electrons. The van der Waals surface area contributed by atoms with Crippen molar-refractivity contribution >= 4 is 52.0 Å². The van der Waals surface area contributed by atoms with E-state index in [-0.39, 0.29) is 24.4 Å². The second-order valence-corrected chi connectivity index (χ2v) is 10.3. The highest BCUT2D eigenvalue weighted by atomic mass is 35.5. The number of aromatic amines is 1. The van der Waals surface area contributed by atoms with E-state index in [0.29, 0.717) is 29.6 Å². The SMILES string of the molecule is CC(C)N(CC(=O)N(CCc1c[nH]c2ccccc12)Cc1ccc(Cl)c(Cl)c1)C(=O)C=Cc1ccccc1. The number of fused-ring (bicyclic) bond motifs is 1. The molecule has 0 unspecified atom stereocenters. The van der Waals surface area contributed by atoms with Crippen LogP contribution in [-0.4, -0.2) is 45.7 Å². The quantitative estimate of drug-likeness (QED) is 0.217. The Morgan fingerprint density at radius 3 is 2.42 bits per heavy atom. The summed E-state index contributed by atoms with van der Waals surface area (Å²) in [5.41, 5.74) is 4.00. The van der Waals surface area contributed by atoms with Crippen LogP contribution >= 0.6 is 23.2 Å². The van der Waals surface area contributed by atoms with Gasteiger partial charge in [-0.3, -0.25) is 9.59 Å². The molecular weight excluding hydrogens is 517 g/mol. The van der Waals surface area contributed by atoms with Gasteiger partial charge in [0.15, 0.2) is 0 Å². The summed E-state index contributed by atoms with van der Waals surface area (Å²) in [7, 11) is 0. The number of aromatic nitrogens is 1. The molecule has 3 aromatic carbocycles. The van der Waals surface area contributed by atoms with Gasteiger partial charge in [0.05, 0.1) is 10.0 Å². The Morgan fingerprint density at radius 2 is 1.68 bits per heavy atom. The van der Waals surface area contributed by atoms with Gasteiger partial charge in [-0.1, -0.05) is 77.8 Å². The van der Waals surface area contributed by atoms with Gasteiger partial charge >= 0.3 is 0 Å². The highest BCUT2D eigenvalue weighted by molar-refractivity contribution is 6.42. The molecule has 196 valence electrons. The summed E-state index contributed by atoms with van der Waals surface area (Å²) >= 11 is 12.4. The van der Waals surface area contributed by atoms with E-state index in [2.05, 4.69) is 11.1 Å². The lowest BCUT2D eigenvalue weighted by atomic mass is 10.1. The Kier molecular flexibility index (Phi) is 9.27. The van der Waals surface area contributed by atoms with Crippen LogP contribution in [0, 0.1) is 0 Å². The summed E-state index contributed by atoms with van der Waals surface area (Å²) in [6.07, 6.45) is 5.95. The van der Waals surface area contributed by atoms with Crippen LogP contribution in [0.5, 0.6) is 0 Å². The molecule has 2 amide bonds. The minimum Gasteiger partial charge on any atom is -0.361 e. The van der Waals surface area contributed by atoms with Crippen molar-refractivity contribution in [3.05, 3.63) is 112 Å². The summed E-state index contributed by atoms with van der Waals surface area (Å²) in [4.78, 5) is 33.4. The molecule has 0 aliphatic carbocycles. The first-order valence-electron chi connectivity index (χ1n) is 12.6. The van der Waals surface area contributed by atoms with Gasteiger partial charge in [0.2, 0.25) is 11.8 Å². The molecule has 5 nitrogen and oxygen atoms in total. The molecule has 0 saturated carbocycles. The van der Waals surface area contributed by atoms with Crippen molar-refractivity contribution in [3.63, 3.8) is 0 Å². The molecule has 0 fully saturated rings. The average molecular weight is 549 g/mol. The molecule has 0 atom stereocenters. The molecule has 1 heterocycles. The van der Waals surface area contributed by atoms with Crippen molar-refractivity contribution in [3.8, 4) is 0 Å². The van der Waals surface area contributed by atoms with Crippen molar-refractivity contribution in [1.29, 1.82) is 0 Å². The molecular formula is C31H31Cl2N3O2. The maximum absolute atomic E-state index is 13.7. The molecule has 1 aromatic heterocycles. The summed E-state index contributed by atoms with van der Waals surface area (Å²) in [6.45, 7) is 4.65. The Bertz CT molecular complexity index is 1430. The molecule has 0 aliphatic rings. The maximum Gasteiger partial charge on any atom is 0.247 e. The van der Waals surface area contributed by atoms with Gasteiger partial charge in [-0.25, -0.2) is 0 Å². The zero-order valence-corrected chi connectivity index (χ0v) is 23.0. The van der Waals surface area contributed by atoms with Gasteiger partial charge in [-0.2, -0.15) is 0 Å². The fourth-order valence-electron chi connectivity index (χ4n) is 4.33. The van der Waals surface area contributed by atoms with Crippen LogP contribution in [-0.2, 0) is 22.6 Å². The molecule has 1 N–H and O–H groups in total. The first-order chi connectivity index (χ1) is 18.3. The summed E-state index contributed by atoms with van der Waals surface area (Å²) in [6, 6.07) is 23.0. The Morgan fingerprint density at radius 1 is 0.947 bits per heavy atom.